The highest BCUT2D eigenvalue weighted by molar-refractivity contribution is 5.78. The number of ether oxygens (including phenoxy) is 1. The molecule has 0 aromatic heterocycles. The lowest BCUT2D eigenvalue weighted by atomic mass is 10.1. The molecule has 0 aliphatic carbocycles. The molecule has 1 fully saturated rings. The van der Waals surface area contributed by atoms with Gasteiger partial charge in [-0.3, -0.25) is 4.79 Å². The molecule has 0 aromatic carbocycles. The molecular formula is C14H28N2O2. The maximum atomic E-state index is 11.6. The molecule has 4 heteroatoms. The number of hydrogen-bond acceptors (Lipinski definition) is 3. The molecule has 0 bridgehead atoms. The Morgan fingerprint density at radius 3 is 2.94 bits per heavy atom. The minimum atomic E-state index is 0.0977. The van der Waals surface area contributed by atoms with Gasteiger partial charge in [0.05, 0.1) is 12.6 Å². The van der Waals surface area contributed by atoms with Crippen LogP contribution in [0, 0.1) is 0 Å². The van der Waals surface area contributed by atoms with E-state index >= 15 is 0 Å². The average Bonchev–Trinajstić information content (AvgIpc) is 2.36. The molecule has 4 nitrogen and oxygen atoms in total. The summed E-state index contributed by atoms with van der Waals surface area (Å²) in [6.45, 7) is 6.36. The first-order valence-corrected chi connectivity index (χ1v) is 7.34. The number of amides is 1. The second-order valence-electron chi connectivity index (χ2n) is 5.21. The Labute approximate surface area is 111 Å². The normalized spacial score (nSPS) is 21.6. The molecule has 1 rings (SSSR count). The van der Waals surface area contributed by atoms with Crippen molar-refractivity contribution in [1.29, 1.82) is 0 Å². The Bertz CT molecular complexity index is 228. The number of nitrogens with one attached hydrogen (secondary N) is 2. The van der Waals surface area contributed by atoms with Crippen molar-refractivity contribution in [3.63, 3.8) is 0 Å². The third-order valence-electron chi connectivity index (χ3n) is 3.33. The van der Waals surface area contributed by atoms with Crippen molar-refractivity contribution in [2.75, 3.05) is 19.7 Å². The molecule has 106 valence electrons. The van der Waals surface area contributed by atoms with E-state index in [0.717, 1.165) is 32.4 Å². The predicted molar refractivity (Wildman–Crippen MR) is 73.6 cm³/mol. The van der Waals surface area contributed by atoms with Crippen molar-refractivity contribution in [2.45, 2.75) is 64.5 Å². The van der Waals surface area contributed by atoms with Gasteiger partial charge in [-0.05, 0) is 45.6 Å². The first-order valence-electron chi connectivity index (χ1n) is 7.34. The third-order valence-corrected chi connectivity index (χ3v) is 3.33. The SMILES string of the molecule is CCCC(C)NC(=O)CNCCC1CCCCO1. The number of carbonyl (C=O) groups is 1. The van der Waals surface area contributed by atoms with Crippen molar-refractivity contribution < 1.29 is 9.53 Å². The molecule has 1 aliphatic rings. The molecule has 2 N–H and O–H groups in total. The van der Waals surface area contributed by atoms with Crippen LogP contribution in [-0.2, 0) is 9.53 Å². The van der Waals surface area contributed by atoms with Crippen LogP contribution in [0.25, 0.3) is 0 Å². The molecule has 0 spiro atoms. The van der Waals surface area contributed by atoms with E-state index in [0.29, 0.717) is 12.6 Å². The van der Waals surface area contributed by atoms with Gasteiger partial charge in [-0.25, -0.2) is 0 Å². The van der Waals surface area contributed by atoms with Crippen molar-refractivity contribution in [2.24, 2.45) is 0 Å². The molecule has 1 aliphatic heterocycles. The summed E-state index contributed by atoms with van der Waals surface area (Å²) in [5.41, 5.74) is 0. The minimum Gasteiger partial charge on any atom is -0.378 e. The lowest BCUT2D eigenvalue weighted by Gasteiger charge is -2.22. The van der Waals surface area contributed by atoms with Crippen LogP contribution in [0.5, 0.6) is 0 Å². The Balaban J connectivity index is 1.97. The third kappa shape index (κ3) is 6.97. The number of carbonyl (C=O) groups excluding carboxylic acids is 1. The van der Waals surface area contributed by atoms with E-state index in [4.69, 9.17) is 4.74 Å². The van der Waals surface area contributed by atoms with Gasteiger partial charge in [0, 0.05) is 12.6 Å². The minimum absolute atomic E-state index is 0.0977. The summed E-state index contributed by atoms with van der Waals surface area (Å²) in [6.07, 6.45) is 7.20. The van der Waals surface area contributed by atoms with Gasteiger partial charge in [0.2, 0.25) is 5.91 Å². The van der Waals surface area contributed by atoms with E-state index in [1.54, 1.807) is 0 Å². The molecule has 0 aromatic rings. The zero-order valence-electron chi connectivity index (χ0n) is 11.8. The van der Waals surface area contributed by atoms with Gasteiger partial charge in [-0.1, -0.05) is 13.3 Å². The van der Waals surface area contributed by atoms with Crippen molar-refractivity contribution in [1.82, 2.24) is 10.6 Å². The van der Waals surface area contributed by atoms with E-state index in [9.17, 15) is 4.79 Å². The van der Waals surface area contributed by atoms with E-state index in [1.807, 2.05) is 0 Å². The monoisotopic (exact) mass is 256 g/mol. The maximum Gasteiger partial charge on any atom is 0.234 e. The van der Waals surface area contributed by atoms with Gasteiger partial charge in [-0.15, -0.1) is 0 Å². The van der Waals surface area contributed by atoms with E-state index in [-0.39, 0.29) is 11.9 Å². The van der Waals surface area contributed by atoms with Gasteiger partial charge < -0.3 is 15.4 Å². The van der Waals surface area contributed by atoms with Gasteiger partial charge in [0.15, 0.2) is 0 Å². The van der Waals surface area contributed by atoms with Gasteiger partial charge >= 0.3 is 0 Å². The van der Waals surface area contributed by atoms with Crippen LogP contribution in [0.3, 0.4) is 0 Å². The standard InChI is InChI=1S/C14H28N2O2/c1-3-6-12(2)16-14(17)11-15-9-8-13-7-4-5-10-18-13/h12-13,15H,3-11H2,1-2H3,(H,16,17). The van der Waals surface area contributed by atoms with Crippen LogP contribution in [0.4, 0.5) is 0 Å². The quantitative estimate of drug-likeness (QED) is 0.652. The van der Waals surface area contributed by atoms with Crippen LogP contribution in [-0.4, -0.2) is 37.7 Å². The maximum absolute atomic E-state index is 11.6. The predicted octanol–water partition coefficient (Wildman–Crippen LogP) is 1.84. The molecule has 1 amide bonds. The van der Waals surface area contributed by atoms with Crippen LogP contribution >= 0.6 is 0 Å². The molecule has 0 saturated carbocycles. The van der Waals surface area contributed by atoms with Crippen molar-refractivity contribution >= 4 is 5.91 Å². The summed E-state index contributed by atoms with van der Waals surface area (Å²) in [4.78, 5) is 11.6. The first kappa shape index (κ1) is 15.4. The second kappa shape index (κ2) is 9.34. The molecule has 2 atom stereocenters. The topological polar surface area (TPSA) is 50.4 Å². The summed E-state index contributed by atoms with van der Waals surface area (Å²) >= 11 is 0. The van der Waals surface area contributed by atoms with Gasteiger partial charge in [-0.2, -0.15) is 0 Å². The zero-order valence-corrected chi connectivity index (χ0v) is 11.8. The summed E-state index contributed by atoms with van der Waals surface area (Å²) in [5.74, 6) is 0.0977. The molecule has 18 heavy (non-hydrogen) atoms. The zero-order chi connectivity index (χ0) is 13.2. The average molecular weight is 256 g/mol. The summed E-state index contributed by atoms with van der Waals surface area (Å²) in [7, 11) is 0. The van der Waals surface area contributed by atoms with Gasteiger partial charge in [0.1, 0.15) is 0 Å². The highest BCUT2D eigenvalue weighted by Gasteiger charge is 2.13. The second-order valence-corrected chi connectivity index (χ2v) is 5.21. The Hall–Kier alpha value is -0.610. The summed E-state index contributed by atoms with van der Waals surface area (Å²) in [5, 5.41) is 6.17. The molecule has 1 saturated heterocycles. The van der Waals surface area contributed by atoms with Crippen molar-refractivity contribution in [3.05, 3.63) is 0 Å². The molecular weight excluding hydrogens is 228 g/mol. The fourth-order valence-electron chi connectivity index (χ4n) is 2.33. The van der Waals surface area contributed by atoms with Crippen molar-refractivity contribution in [3.8, 4) is 0 Å². The lowest BCUT2D eigenvalue weighted by molar-refractivity contribution is -0.120. The fraction of sp³-hybridized carbons (Fsp3) is 0.929. The van der Waals surface area contributed by atoms with E-state index < -0.39 is 0 Å². The smallest absolute Gasteiger partial charge is 0.234 e. The van der Waals surface area contributed by atoms with Crippen LogP contribution in [0.15, 0.2) is 0 Å². The fourth-order valence-corrected chi connectivity index (χ4v) is 2.33. The highest BCUT2D eigenvalue weighted by Crippen LogP contribution is 2.14. The first-order chi connectivity index (χ1) is 8.72. The molecule has 2 unspecified atom stereocenters. The van der Waals surface area contributed by atoms with Crippen LogP contribution < -0.4 is 10.6 Å². The number of hydrogen-bond donors (Lipinski definition) is 2. The van der Waals surface area contributed by atoms with Gasteiger partial charge in [0.25, 0.3) is 0 Å². The van der Waals surface area contributed by atoms with Crippen LogP contribution in [0.2, 0.25) is 0 Å². The summed E-state index contributed by atoms with van der Waals surface area (Å²) in [6, 6.07) is 0.283. The largest absolute Gasteiger partial charge is 0.378 e. The highest BCUT2D eigenvalue weighted by atomic mass is 16.5. The van der Waals surface area contributed by atoms with Crippen LogP contribution in [0.1, 0.15) is 52.4 Å². The van der Waals surface area contributed by atoms with E-state index in [1.165, 1.54) is 19.3 Å². The Morgan fingerprint density at radius 2 is 2.28 bits per heavy atom. The lowest BCUT2D eigenvalue weighted by Crippen LogP contribution is -2.39. The summed E-state index contributed by atoms with van der Waals surface area (Å²) < 4.78 is 5.64. The Kier molecular flexibility index (Phi) is 8.01. The van der Waals surface area contributed by atoms with E-state index in [2.05, 4.69) is 24.5 Å². The number of rotatable bonds is 8. The molecule has 1 heterocycles. The Morgan fingerprint density at radius 1 is 1.44 bits per heavy atom. The molecule has 0 radical (unpaired) electrons.